The molecule has 2 fully saturated rings. The minimum Gasteiger partial charge on any atom is -0.399 e. The van der Waals surface area contributed by atoms with Gasteiger partial charge in [0.2, 0.25) is 0 Å². The Morgan fingerprint density at radius 3 is 2.28 bits per heavy atom. The first-order chi connectivity index (χ1) is 11.6. The summed E-state index contributed by atoms with van der Waals surface area (Å²) in [6.45, 7) is 9.47. The molecule has 3 rings (SSSR count). The van der Waals surface area contributed by atoms with Crippen LogP contribution in [-0.2, 0) is 24.3 Å². The summed E-state index contributed by atoms with van der Waals surface area (Å²) in [5, 5.41) is 0. The molecule has 2 saturated heterocycles. The van der Waals surface area contributed by atoms with Crippen LogP contribution in [0.3, 0.4) is 0 Å². The Labute approximate surface area is 150 Å². The average Bonchev–Trinajstić information content (AvgIpc) is 2.76. The second kappa shape index (κ2) is 6.55. The molecule has 1 aromatic carbocycles. The Balaban J connectivity index is 1.76. The lowest BCUT2D eigenvalue weighted by molar-refractivity contribution is 0.00578. The molecule has 0 unspecified atom stereocenters. The van der Waals surface area contributed by atoms with Crippen molar-refractivity contribution in [3.8, 4) is 0 Å². The van der Waals surface area contributed by atoms with Gasteiger partial charge < -0.3 is 14.0 Å². The number of nitrogens with one attached hydrogen (secondary N) is 1. The summed E-state index contributed by atoms with van der Waals surface area (Å²) in [6.07, 6.45) is 0. The van der Waals surface area contributed by atoms with Crippen molar-refractivity contribution < 1.29 is 22.5 Å². The van der Waals surface area contributed by atoms with Crippen LogP contribution >= 0.6 is 0 Å². The number of rotatable bonds is 4. The van der Waals surface area contributed by atoms with Gasteiger partial charge in [0.15, 0.2) is 0 Å². The predicted molar refractivity (Wildman–Crippen MR) is 97.1 cm³/mol. The van der Waals surface area contributed by atoms with E-state index in [9.17, 15) is 8.42 Å². The van der Waals surface area contributed by atoms with Crippen LogP contribution in [0.5, 0.6) is 0 Å². The molecular formula is C16H25BN2O5S. The van der Waals surface area contributed by atoms with E-state index >= 15 is 0 Å². The first kappa shape index (κ1) is 18.7. The van der Waals surface area contributed by atoms with Crippen molar-refractivity contribution in [3.05, 3.63) is 24.3 Å². The molecule has 9 heteroatoms. The van der Waals surface area contributed by atoms with Gasteiger partial charge in [0.25, 0.3) is 0 Å². The summed E-state index contributed by atoms with van der Waals surface area (Å²) < 4.78 is 46.2. The molecule has 0 saturated carbocycles. The van der Waals surface area contributed by atoms with Crippen molar-refractivity contribution in [1.29, 1.82) is 0 Å². The van der Waals surface area contributed by atoms with Gasteiger partial charge in [0.05, 0.1) is 24.4 Å². The predicted octanol–water partition coefficient (Wildman–Crippen LogP) is 0.975. The van der Waals surface area contributed by atoms with E-state index in [0.29, 0.717) is 32.0 Å². The highest BCUT2D eigenvalue weighted by Crippen LogP contribution is 2.36. The SMILES string of the molecule is CC1(C)OB(c2cccc(NS(=O)(=O)N3CCOCC3)c2)OC1(C)C. The zero-order valence-corrected chi connectivity index (χ0v) is 15.9. The van der Waals surface area contributed by atoms with E-state index < -0.39 is 28.5 Å². The monoisotopic (exact) mass is 368 g/mol. The molecule has 0 spiro atoms. The first-order valence-corrected chi connectivity index (χ1v) is 9.86. The molecule has 138 valence electrons. The summed E-state index contributed by atoms with van der Waals surface area (Å²) in [5.41, 5.74) is 0.377. The number of hydrogen-bond donors (Lipinski definition) is 1. The summed E-state index contributed by atoms with van der Waals surface area (Å²) >= 11 is 0. The Morgan fingerprint density at radius 2 is 1.68 bits per heavy atom. The zero-order valence-electron chi connectivity index (χ0n) is 15.1. The van der Waals surface area contributed by atoms with Crippen LogP contribution in [0.4, 0.5) is 5.69 Å². The molecule has 0 radical (unpaired) electrons. The zero-order chi connectivity index (χ0) is 18.3. The fraction of sp³-hybridized carbons (Fsp3) is 0.625. The highest BCUT2D eigenvalue weighted by Gasteiger charge is 2.51. The van der Waals surface area contributed by atoms with E-state index in [4.69, 9.17) is 14.0 Å². The topological polar surface area (TPSA) is 77.1 Å². The Morgan fingerprint density at radius 1 is 1.08 bits per heavy atom. The van der Waals surface area contributed by atoms with Crippen molar-refractivity contribution in [3.63, 3.8) is 0 Å². The third-order valence-corrected chi connectivity index (χ3v) is 6.51. The Kier molecular flexibility index (Phi) is 4.89. The minimum atomic E-state index is -3.60. The van der Waals surface area contributed by atoms with Gasteiger partial charge in [0, 0.05) is 18.8 Å². The molecule has 2 heterocycles. The molecule has 2 aliphatic rings. The van der Waals surface area contributed by atoms with Gasteiger partial charge in [-0.3, -0.25) is 4.72 Å². The van der Waals surface area contributed by atoms with E-state index in [1.807, 2.05) is 33.8 Å². The van der Waals surface area contributed by atoms with Crippen molar-refractivity contribution in [2.75, 3.05) is 31.0 Å². The number of morpholine rings is 1. The standard InChI is InChI=1S/C16H25BN2O5S/c1-15(2)16(3,4)24-17(23-15)13-6-5-7-14(12-13)18-25(20,21)19-8-10-22-11-9-19/h5-7,12,18H,8-11H2,1-4H3. The van der Waals surface area contributed by atoms with Gasteiger partial charge in [-0.05, 0) is 45.3 Å². The third-order valence-electron chi connectivity index (χ3n) is 4.97. The maximum Gasteiger partial charge on any atom is 0.494 e. The van der Waals surface area contributed by atoms with Gasteiger partial charge in [-0.15, -0.1) is 0 Å². The molecule has 1 N–H and O–H groups in total. The van der Waals surface area contributed by atoms with E-state index in [0.717, 1.165) is 5.46 Å². The van der Waals surface area contributed by atoms with Gasteiger partial charge >= 0.3 is 17.3 Å². The maximum atomic E-state index is 12.5. The lowest BCUT2D eigenvalue weighted by Gasteiger charge is -2.32. The van der Waals surface area contributed by atoms with Crippen molar-refractivity contribution in [2.45, 2.75) is 38.9 Å². The number of benzene rings is 1. The Hall–Kier alpha value is -1.13. The largest absolute Gasteiger partial charge is 0.494 e. The summed E-state index contributed by atoms with van der Waals surface area (Å²) in [7, 11) is -4.13. The van der Waals surface area contributed by atoms with Crippen LogP contribution in [-0.4, -0.2) is 57.3 Å². The highest BCUT2D eigenvalue weighted by molar-refractivity contribution is 7.90. The average molecular weight is 368 g/mol. The fourth-order valence-electron chi connectivity index (χ4n) is 2.73. The summed E-state index contributed by atoms with van der Waals surface area (Å²) in [5.74, 6) is 0. The normalized spacial score (nSPS) is 23.6. The van der Waals surface area contributed by atoms with Gasteiger partial charge in [-0.2, -0.15) is 12.7 Å². The molecule has 25 heavy (non-hydrogen) atoms. The number of nitrogens with zero attached hydrogens (tertiary/aromatic N) is 1. The lowest BCUT2D eigenvalue weighted by atomic mass is 9.79. The Bertz CT molecular complexity index is 716. The molecule has 7 nitrogen and oxygen atoms in total. The summed E-state index contributed by atoms with van der Waals surface area (Å²) in [6, 6.07) is 7.12. The van der Waals surface area contributed by atoms with Gasteiger partial charge in [-0.25, -0.2) is 0 Å². The van der Waals surface area contributed by atoms with E-state index in [1.165, 1.54) is 4.31 Å². The summed E-state index contributed by atoms with van der Waals surface area (Å²) in [4.78, 5) is 0. The van der Waals surface area contributed by atoms with Crippen molar-refractivity contribution in [1.82, 2.24) is 4.31 Å². The molecule has 0 bridgehead atoms. The van der Waals surface area contributed by atoms with Crippen LogP contribution in [0.15, 0.2) is 24.3 Å². The molecule has 0 amide bonds. The minimum absolute atomic E-state index is 0.353. The van der Waals surface area contributed by atoms with E-state index in [1.54, 1.807) is 18.2 Å². The number of anilines is 1. The van der Waals surface area contributed by atoms with Crippen molar-refractivity contribution in [2.24, 2.45) is 0 Å². The number of hydrogen-bond acceptors (Lipinski definition) is 5. The second-order valence-corrected chi connectivity index (χ2v) is 9.00. The molecule has 0 atom stereocenters. The maximum absolute atomic E-state index is 12.5. The molecular weight excluding hydrogens is 343 g/mol. The second-order valence-electron chi connectivity index (χ2n) is 7.33. The fourth-order valence-corrected chi connectivity index (χ4v) is 3.91. The van der Waals surface area contributed by atoms with Gasteiger partial charge in [0.1, 0.15) is 0 Å². The number of ether oxygens (including phenoxy) is 1. The lowest BCUT2D eigenvalue weighted by Crippen LogP contribution is -2.43. The molecule has 0 aromatic heterocycles. The first-order valence-electron chi connectivity index (χ1n) is 8.42. The molecule has 2 aliphatic heterocycles. The van der Waals surface area contributed by atoms with Crippen LogP contribution in [0.1, 0.15) is 27.7 Å². The van der Waals surface area contributed by atoms with E-state index in [-0.39, 0.29) is 0 Å². The smallest absolute Gasteiger partial charge is 0.399 e. The molecule has 0 aliphatic carbocycles. The molecule has 1 aromatic rings. The highest BCUT2D eigenvalue weighted by atomic mass is 32.2. The van der Waals surface area contributed by atoms with Crippen LogP contribution in [0.25, 0.3) is 0 Å². The van der Waals surface area contributed by atoms with Crippen LogP contribution in [0, 0.1) is 0 Å². The quantitative estimate of drug-likeness (QED) is 0.802. The van der Waals surface area contributed by atoms with Crippen molar-refractivity contribution >= 4 is 28.5 Å². The van der Waals surface area contributed by atoms with Crippen LogP contribution in [0.2, 0.25) is 0 Å². The van der Waals surface area contributed by atoms with Gasteiger partial charge in [-0.1, -0.05) is 12.1 Å². The van der Waals surface area contributed by atoms with Crippen LogP contribution < -0.4 is 10.2 Å². The third kappa shape index (κ3) is 3.85. The van der Waals surface area contributed by atoms with E-state index in [2.05, 4.69) is 4.72 Å².